The number of likely N-dealkylation sites (tertiary alicyclic amines) is 1. The Morgan fingerprint density at radius 3 is 3.22 bits per heavy atom. The van der Waals surface area contributed by atoms with Gasteiger partial charge in [0.15, 0.2) is 0 Å². The Balaban J connectivity index is 1.97. The fraction of sp³-hybridized carbons (Fsp3) is 0.417. The largest absolute Gasteiger partial charge is 0.394 e. The van der Waals surface area contributed by atoms with Crippen LogP contribution in [0.3, 0.4) is 0 Å². The summed E-state index contributed by atoms with van der Waals surface area (Å²) >= 11 is 0. The third kappa shape index (κ3) is 1.65. The standard InChI is InChI=1S/C12H14N4O2/c17-8-9-2-1-4-15(9)12(18)10-6-14-16-5-3-13-7-11(10)16/h3,5-7,9,17H,1-2,4,8H2/t9-/m1/s1. The molecule has 0 aliphatic carbocycles. The van der Waals surface area contributed by atoms with E-state index < -0.39 is 0 Å². The van der Waals surface area contributed by atoms with E-state index in [1.54, 1.807) is 34.2 Å². The number of amides is 1. The lowest BCUT2D eigenvalue weighted by molar-refractivity contribution is 0.0679. The van der Waals surface area contributed by atoms with Gasteiger partial charge in [0.1, 0.15) is 0 Å². The highest BCUT2D eigenvalue weighted by atomic mass is 16.3. The molecule has 0 saturated carbocycles. The van der Waals surface area contributed by atoms with Crippen LogP contribution in [-0.2, 0) is 0 Å². The second kappa shape index (κ2) is 4.38. The third-order valence-electron chi connectivity index (χ3n) is 3.40. The minimum atomic E-state index is -0.0745. The van der Waals surface area contributed by atoms with Gasteiger partial charge in [0.2, 0.25) is 0 Å². The molecule has 1 N–H and O–H groups in total. The Bertz CT molecular complexity index is 580. The van der Waals surface area contributed by atoms with Crippen LogP contribution in [-0.4, -0.2) is 49.7 Å². The van der Waals surface area contributed by atoms with Crippen molar-refractivity contribution in [2.75, 3.05) is 13.2 Å². The van der Waals surface area contributed by atoms with Gasteiger partial charge in [-0.2, -0.15) is 5.10 Å². The first-order valence-corrected chi connectivity index (χ1v) is 6.00. The maximum absolute atomic E-state index is 12.4. The predicted octanol–water partition coefficient (Wildman–Crippen LogP) is 0.326. The fourth-order valence-corrected chi connectivity index (χ4v) is 2.45. The summed E-state index contributed by atoms with van der Waals surface area (Å²) in [5.74, 6) is -0.0745. The molecular formula is C12H14N4O2. The molecule has 1 aliphatic rings. The lowest BCUT2D eigenvalue weighted by Crippen LogP contribution is -2.37. The van der Waals surface area contributed by atoms with E-state index in [-0.39, 0.29) is 18.6 Å². The average Bonchev–Trinajstić information content (AvgIpc) is 3.04. The van der Waals surface area contributed by atoms with E-state index in [1.807, 2.05) is 0 Å². The van der Waals surface area contributed by atoms with E-state index in [4.69, 9.17) is 0 Å². The maximum atomic E-state index is 12.4. The first-order chi connectivity index (χ1) is 8.81. The van der Waals surface area contributed by atoms with Gasteiger partial charge in [-0.25, -0.2) is 4.52 Å². The molecule has 1 saturated heterocycles. The SMILES string of the molecule is O=C(c1cnn2ccncc12)N1CCC[C@@H]1CO. The van der Waals surface area contributed by atoms with E-state index in [0.717, 1.165) is 12.8 Å². The van der Waals surface area contributed by atoms with Gasteiger partial charge in [-0.1, -0.05) is 0 Å². The van der Waals surface area contributed by atoms with Crippen LogP contribution < -0.4 is 0 Å². The van der Waals surface area contributed by atoms with E-state index in [1.165, 1.54) is 0 Å². The molecule has 1 aliphatic heterocycles. The van der Waals surface area contributed by atoms with Crippen LogP contribution in [0, 0.1) is 0 Å². The molecule has 0 aromatic carbocycles. The van der Waals surface area contributed by atoms with Crippen LogP contribution in [0.4, 0.5) is 0 Å². The Kier molecular flexibility index (Phi) is 2.71. The van der Waals surface area contributed by atoms with E-state index in [2.05, 4.69) is 10.1 Å². The zero-order valence-corrected chi connectivity index (χ0v) is 9.86. The number of aromatic nitrogens is 3. The van der Waals surface area contributed by atoms with Crippen molar-refractivity contribution in [1.82, 2.24) is 19.5 Å². The van der Waals surface area contributed by atoms with Crippen LogP contribution in [0.15, 0.2) is 24.8 Å². The number of rotatable bonds is 2. The molecule has 0 bridgehead atoms. The van der Waals surface area contributed by atoms with Crippen molar-refractivity contribution in [2.45, 2.75) is 18.9 Å². The third-order valence-corrected chi connectivity index (χ3v) is 3.40. The van der Waals surface area contributed by atoms with Crippen LogP contribution in [0.1, 0.15) is 23.2 Å². The van der Waals surface area contributed by atoms with Crippen molar-refractivity contribution in [2.24, 2.45) is 0 Å². The zero-order valence-electron chi connectivity index (χ0n) is 9.86. The summed E-state index contributed by atoms with van der Waals surface area (Å²) in [5, 5.41) is 13.4. The Morgan fingerprint density at radius 2 is 2.39 bits per heavy atom. The molecule has 1 atom stereocenters. The van der Waals surface area contributed by atoms with Crippen LogP contribution >= 0.6 is 0 Å². The number of hydrogen-bond donors (Lipinski definition) is 1. The monoisotopic (exact) mass is 246 g/mol. The van der Waals surface area contributed by atoms with Gasteiger partial charge >= 0.3 is 0 Å². The molecule has 2 aromatic rings. The second-order valence-corrected chi connectivity index (χ2v) is 4.44. The molecule has 3 heterocycles. The van der Waals surface area contributed by atoms with Crippen LogP contribution in [0.5, 0.6) is 0 Å². The summed E-state index contributed by atoms with van der Waals surface area (Å²) in [6.07, 6.45) is 8.32. The van der Waals surface area contributed by atoms with E-state index in [0.29, 0.717) is 17.6 Å². The normalized spacial score (nSPS) is 19.6. The smallest absolute Gasteiger partial charge is 0.258 e. The quantitative estimate of drug-likeness (QED) is 0.828. The predicted molar refractivity (Wildman–Crippen MR) is 64.1 cm³/mol. The van der Waals surface area contributed by atoms with Crippen molar-refractivity contribution in [3.05, 3.63) is 30.4 Å². The van der Waals surface area contributed by atoms with Gasteiger partial charge in [0.25, 0.3) is 5.91 Å². The van der Waals surface area contributed by atoms with Gasteiger partial charge in [0.05, 0.1) is 36.1 Å². The maximum Gasteiger partial charge on any atom is 0.258 e. The van der Waals surface area contributed by atoms with Crippen molar-refractivity contribution >= 4 is 11.4 Å². The molecule has 0 unspecified atom stereocenters. The summed E-state index contributed by atoms with van der Waals surface area (Å²) in [6.45, 7) is 0.713. The number of fused-ring (bicyclic) bond motifs is 1. The fourth-order valence-electron chi connectivity index (χ4n) is 2.45. The number of hydrogen-bond acceptors (Lipinski definition) is 4. The molecule has 0 spiro atoms. The van der Waals surface area contributed by atoms with Gasteiger partial charge in [-0.15, -0.1) is 0 Å². The first kappa shape index (κ1) is 11.2. The average molecular weight is 246 g/mol. The number of aliphatic hydroxyl groups is 1. The van der Waals surface area contributed by atoms with Crippen molar-refractivity contribution < 1.29 is 9.90 Å². The van der Waals surface area contributed by atoms with Gasteiger partial charge < -0.3 is 10.0 Å². The lowest BCUT2D eigenvalue weighted by atomic mass is 10.2. The minimum absolute atomic E-state index is 0.0171. The van der Waals surface area contributed by atoms with Crippen LogP contribution in [0.2, 0.25) is 0 Å². The highest BCUT2D eigenvalue weighted by molar-refractivity contribution is 6.00. The van der Waals surface area contributed by atoms with Gasteiger partial charge in [0, 0.05) is 18.9 Å². The van der Waals surface area contributed by atoms with Crippen molar-refractivity contribution in [3.63, 3.8) is 0 Å². The summed E-state index contributed by atoms with van der Waals surface area (Å²) in [6, 6.07) is -0.0656. The second-order valence-electron chi connectivity index (χ2n) is 4.44. The highest BCUT2D eigenvalue weighted by Gasteiger charge is 2.30. The first-order valence-electron chi connectivity index (χ1n) is 6.00. The van der Waals surface area contributed by atoms with E-state index in [9.17, 15) is 9.90 Å². The molecule has 1 amide bonds. The molecule has 6 heteroatoms. The molecule has 0 radical (unpaired) electrons. The topological polar surface area (TPSA) is 70.7 Å². The molecular weight excluding hydrogens is 232 g/mol. The molecule has 2 aromatic heterocycles. The number of aliphatic hydroxyl groups excluding tert-OH is 1. The Labute approximate surface area is 104 Å². The zero-order chi connectivity index (χ0) is 12.5. The minimum Gasteiger partial charge on any atom is -0.394 e. The summed E-state index contributed by atoms with van der Waals surface area (Å²) < 4.78 is 1.63. The molecule has 6 nitrogen and oxygen atoms in total. The number of nitrogens with zero attached hydrogens (tertiary/aromatic N) is 4. The molecule has 1 fully saturated rings. The molecule has 94 valence electrons. The molecule has 3 rings (SSSR count). The lowest BCUT2D eigenvalue weighted by Gasteiger charge is -2.22. The van der Waals surface area contributed by atoms with Crippen molar-refractivity contribution in [1.29, 1.82) is 0 Å². The highest BCUT2D eigenvalue weighted by Crippen LogP contribution is 2.21. The molecule has 18 heavy (non-hydrogen) atoms. The summed E-state index contributed by atoms with van der Waals surface area (Å²) in [5.41, 5.74) is 1.24. The van der Waals surface area contributed by atoms with Gasteiger partial charge in [-0.3, -0.25) is 9.78 Å². The summed E-state index contributed by atoms with van der Waals surface area (Å²) in [4.78, 5) is 18.2. The Morgan fingerprint density at radius 1 is 1.50 bits per heavy atom. The summed E-state index contributed by atoms with van der Waals surface area (Å²) in [7, 11) is 0. The Hall–Kier alpha value is -1.95. The van der Waals surface area contributed by atoms with Crippen molar-refractivity contribution in [3.8, 4) is 0 Å². The van der Waals surface area contributed by atoms with Crippen LogP contribution in [0.25, 0.3) is 5.52 Å². The van der Waals surface area contributed by atoms with Gasteiger partial charge in [-0.05, 0) is 12.8 Å². The number of carbonyl (C=O) groups excluding carboxylic acids is 1. The van der Waals surface area contributed by atoms with E-state index >= 15 is 0 Å². The number of carbonyl (C=O) groups is 1.